The first-order chi connectivity index (χ1) is 16.6. The van der Waals surface area contributed by atoms with Gasteiger partial charge < -0.3 is 19.9 Å². The molecule has 4 rings (SSSR count). The molecule has 1 amide bonds. The van der Waals surface area contributed by atoms with Gasteiger partial charge in [-0.15, -0.1) is 0 Å². The van der Waals surface area contributed by atoms with Crippen LogP contribution in [0.25, 0.3) is 0 Å². The van der Waals surface area contributed by atoms with Crippen molar-refractivity contribution in [3.63, 3.8) is 0 Å². The highest BCUT2D eigenvalue weighted by atomic mass is 19.4. The van der Waals surface area contributed by atoms with Gasteiger partial charge in [0.15, 0.2) is 0 Å². The van der Waals surface area contributed by atoms with Crippen LogP contribution < -0.4 is 10.2 Å². The van der Waals surface area contributed by atoms with Gasteiger partial charge in [-0.05, 0) is 56.1 Å². The Morgan fingerprint density at radius 2 is 2.00 bits per heavy atom. The number of nitrogens with zero attached hydrogens (tertiary/aromatic N) is 3. The predicted octanol–water partition coefficient (Wildman–Crippen LogP) is 4.35. The van der Waals surface area contributed by atoms with E-state index in [0.717, 1.165) is 57.5 Å². The van der Waals surface area contributed by atoms with Gasteiger partial charge in [-0.3, -0.25) is 4.79 Å². The van der Waals surface area contributed by atoms with Gasteiger partial charge in [0.05, 0.1) is 17.6 Å². The fourth-order valence-corrected chi connectivity index (χ4v) is 6.13. The molecule has 1 aromatic rings. The molecule has 3 heterocycles. The van der Waals surface area contributed by atoms with Gasteiger partial charge in [0.25, 0.3) is 0 Å². The van der Waals surface area contributed by atoms with Gasteiger partial charge in [0.1, 0.15) is 5.82 Å². The van der Waals surface area contributed by atoms with E-state index in [9.17, 15) is 18.0 Å². The standard InChI is InChI=1S/C26H39F3N4O2/c1-4-19-17-35-14-7-22(19)31-21-5-8-25(16-21,18(2)3)24(34)33-12-10-32(11-13-33)23-15-20(6-9-30-23)26(27,28)29/h6,9,15,18-19,21-22,31H,4-5,7-8,10-14,16-17H2,1-3H3/t19-,21-,22?,25?/m1/s1. The number of hydrogen-bond acceptors (Lipinski definition) is 5. The van der Waals surface area contributed by atoms with E-state index in [-0.39, 0.29) is 17.2 Å². The summed E-state index contributed by atoms with van der Waals surface area (Å²) in [5.41, 5.74) is -1.08. The second-order valence-corrected chi connectivity index (χ2v) is 10.7. The molecule has 35 heavy (non-hydrogen) atoms. The molecule has 3 aliphatic rings. The summed E-state index contributed by atoms with van der Waals surface area (Å²) in [6.07, 6.45) is 1.62. The number of anilines is 1. The number of halogens is 3. The minimum atomic E-state index is -4.39. The monoisotopic (exact) mass is 496 g/mol. The first kappa shape index (κ1) is 26.2. The summed E-state index contributed by atoms with van der Waals surface area (Å²) < 4.78 is 45.0. The highest BCUT2D eigenvalue weighted by Gasteiger charge is 2.50. The molecule has 1 aliphatic carbocycles. The Morgan fingerprint density at radius 3 is 2.66 bits per heavy atom. The third-order valence-corrected chi connectivity index (χ3v) is 8.49. The number of nitrogens with one attached hydrogen (secondary N) is 1. The van der Waals surface area contributed by atoms with Gasteiger partial charge >= 0.3 is 6.18 Å². The smallest absolute Gasteiger partial charge is 0.381 e. The molecule has 3 fully saturated rings. The number of amides is 1. The van der Waals surface area contributed by atoms with Crippen LogP contribution in [0.3, 0.4) is 0 Å². The molecule has 1 aromatic heterocycles. The fourth-order valence-electron chi connectivity index (χ4n) is 6.13. The average molecular weight is 497 g/mol. The SMILES string of the molecule is CC[C@@H]1COCCC1N[C@@H]1CCC(C(=O)N2CCN(c3cc(C(F)(F)F)ccn3)CC2)(C(C)C)C1. The predicted molar refractivity (Wildman–Crippen MR) is 129 cm³/mol. The lowest BCUT2D eigenvalue weighted by Crippen LogP contribution is -2.54. The van der Waals surface area contributed by atoms with Crippen molar-refractivity contribution in [2.24, 2.45) is 17.3 Å². The third-order valence-electron chi connectivity index (χ3n) is 8.49. The summed E-state index contributed by atoms with van der Waals surface area (Å²) in [5.74, 6) is 1.26. The molecule has 1 N–H and O–H groups in total. The van der Waals surface area contributed by atoms with Gasteiger partial charge in [-0.1, -0.05) is 20.8 Å². The summed E-state index contributed by atoms with van der Waals surface area (Å²) in [5, 5.41) is 3.87. The average Bonchev–Trinajstić information content (AvgIpc) is 3.29. The van der Waals surface area contributed by atoms with Crippen LogP contribution in [0.5, 0.6) is 0 Å². The van der Waals surface area contributed by atoms with Gasteiger partial charge in [0.2, 0.25) is 5.91 Å². The maximum Gasteiger partial charge on any atom is 0.416 e. The number of carbonyl (C=O) groups excluding carboxylic acids is 1. The van der Waals surface area contributed by atoms with Crippen molar-refractivity contribution in [2.75, 3.05) is 44.3 Å². The van der Waals surface area contributed by atoms with Crippen molar-refractivity contribution in [1.82, 2.24) is 15.2 Å². The number of piperazine rings is 1. The highest BCUT2D eigenvalue weighted by Crippen LogP contribution is 2.46. The van der Waals surface area contributed by atoms with Gasteiger partial charge in [-0.2, -0.15) is 13.2 Å². The lowest BCUT2D eigenvalue weighted by atomic mass is 9.74. The quantitative estimate of drug-likeness (QED) is 0.635. The fraction of sp³-hybridized carbons (Fsp3) is 0.769. The molecule has 6 nitrogen and oxygen atoms in total. The molecule has 2 unspecified atom stereocenters. The van der Waals surface area contributed by atoms with E-state index in [2.05, 4.69) is 31.1 Å². The number of carbonyl (C=O) groups is 1. The summed E-state index contributed by atoms with van der Waals surface area (Å²) in [6.45, 7) is 10.1. The Morgan fingerprint density at radius 1 is 1.26 bits per heavy atom. The lowest BCUT2D eigenvalue weighted by Gasteiger charge is -2.42. The van der Waals surface area contributed by atoms with Crippen molar-refractivity contribution >= 4 is 11.7 Å². The highest BCUT2D eigenvalue weighted by molar-refractivity contribution is 5.84. The summed E-state index contributed by atoms with van der Waals surface area (Å²) in [4.78, 5) is 21.8. The van der Waals surface area contributed by atoms with Crippen LogP contribution in [0.1, 0.15) is 58.4 Å². The van der Waals surface area contributed by atoms with E-state index in [1.165, 1.54) is 6.20 Å². The summed E-state index contributed by atoms with van der Waals surface area (Å²) >= 11 is 0. The van der Waals surface area contributed by atoms with Crippen LogP contribution in [-0.2, 0) is 15.7 Å². The second kappa shape index (κ2) is 10.6. The zero-order chi connectivity index (χ0) is 25.2. The maximum absolute atomic E-state index is 13.8. The van der Waals surface area contributed by atoms with E-state index in [0.29, 0.717) is 50.0 Å². The molecular weight excluding hydrogens is 457 g/mol. The molecule has 1 saturated carbocycles. The van der Waals surface area contributed by atoms with Crippen molar-refractivity contribution in [1.29, 1.82) is 0 Å². The van der Waals surface area contributed by atoms with E-state index in [4.69, 9.17) is 4.74 Å². The Balaban J connectivity index is 1.38. The number of ether oxygens (including phenoxy) is 1. The van der Waals surface area contributed by atoms with E-state index >= 15 is 0 Å². The van der Waals surface area contributed by atoms with E-state index in [1.807, 2.05) is 9.80 Å². The van der Waals surface area contributed by atoms with Crippen LogP contribution in [-0.4, -0.2) is 67.3 Å². The molecule has 2 aliphatic heterocycles. The number of alkyl halides is 3. The number of pyridine rings is 1. The molecule has 9 heteroatoms. The first-order valence-corrected chi connectivity index (χ1v) is 13.1. The number of aromatic nitrogens is 1. The summed E-state index contributed by atoms with van der Waals surface area (Å²) in [6, 6.07) is 2.86. The van der Waals surface area contributed by atoms with E-state index in [1.54, 1.807) is 0 Å². The molecule has 0 aromatic carbocycles. The first-order valence-electron chi connectivity index (χ1n) is 13.1. The maximum atomic E-state index is 13.8. The minimum absolute atomic E-state index is 0.201. The normalized spacial score (nSPS) is 30.2. The minimum Gasteiger partial charge on any atom is -0.381 e. The Hall–Kier alpha value is -1.87. The molecule has 0 bridgehead atoms. The molecular formula is C26H39F3N4O2. The topological polar surface area (TPSA) is 57.7 Å². The van der Waals surface area contributed by atoms with Crippen LogP contribution in [0.15, 0.2) is 18.3 Å². The number of hydrogen-bond donors (Lipinski definition) is 1. The van der Waals surface area contributed by atoms with E-state index < -0.39 is 11.7 Å². The lowest BCUT2D eigenvalue weighted by molar-refractivity contribution is -0.145. The molecule has 0 radical (unpaired) electrons. The molecule has 196 valence electrons. The van der Waals surface area contributed by atoms with Crippen molar-refractivity contribution < 1.29 is 22.7 Å². The van der Waals surface area contributed by atoms with Crippen LogP contribution >= 0.6 is 0 Å². The molecule has 2 saturated heterocycles. The Bertz CT molecular complexity index is 872. The van der Waals surface area contributed by atoms with Crippen molar-refractivity contribution in [3.05, 3.63) is 23.9 Å². The largest absolute Gasteiger partial charge is 0.416 e. The third kappa shape index (κ3) is 5.61. The molecule has 0 spiro atoms. The summed E-state index contributed by atoms with van der Waals surface area (Å²) in [7, 11) is 0. The zero-order valence-electron chi connectivity index (χ0n) is 21.1. The Kier molecular flexibility index (Phi) is 7.95. The zero-order valence-corrected chi connectivity index (χ0v) is 21.1. The Labute approximate surface area is 206 Å². The molecule has 4 atom stereocenters. The van der Waals surface area contributed by atoms with Crippen molar-refractivity contribution in [3.8, 4) is 0 Å². The second-order valence-electron chi connectivity index (χ2n) is 10.7. The van der Waals surface area contributed by atoms with Crippen LogP contribution in [0.4, 0.5) is 19.0 Å². The van der Waals surface area contributed by atoms with Crippen LogP contribution in [0.2, 0.25) is 0 Å². The van der Waals surface area contributed by atoms with Gasteiger partial charge in [0, 0.05) is 51.1 Å². The van der Waals surface area contributed by atoms with Gasteiger partial charge in [-0.25, -0.2) is 4.98 Å². The van der Waals surface area contributed by atoms with Crippen LogP contribution in [0, 0.1) is 17.3 Å². The van der Waals surface area contributed by atoms with Crippen molar-refractivity contribution in [2.45, 2.75) is 71.1 Å². The number of rotatable bonds is 6.